The fourth-order valence-corrected chi connectivity index (χ4v) is 3.54. The van der Waals surface area contributed by atoms with E-state index in [0.717, 1.165) is 10.6 Å². The van der Waals surface area contributed by atoms with Gasteiger partial charge in [-0.2, -0.15) is 0 Å². The number of carbonyl (C=O) groups is 1. The van der Waals surface area contributed by atoms with E-state index >= 15 is 0 Å². The zero-order chi connectivity index (χ0) is 18.9. The van der Waals surface area contributed by atoms with Crippen molar-refractivity contribution < 1.29 is 9.53 Å². The van der Waals surface area contributed by atoms with E-state index < -0.39 is 0 Å². The zero-order valence-corrected chi connectivity index (χ0v) is 15.7. The van der Waals surface area contributed by atoms with Crippen LogP contribution in [0.3, 0.4) is 0 Å². The number of benzene rings is 3. The molecule has 0 aliphatic rings. The molecule has 0 saturated carbocycles. The zero-order valence-electron chi connectivity index (χ0n) is 14.9. The SMILES string of the molecule is C=CCOc1cccc(NC(=O)c2ccccc2SCc2ccccc2)c1. The molecule has 4 heteroatoms. The van der Waals surface area contributed by atoms with Crippen LogP contribution in [0.5, 0.6) is 5.75 Å². The van der Waals surface area contributed by atoms with Crippen LogP contribution in [0.25, 0.3) is 0 Å². The van der Waals surface area contributed by atoms with Gasteiger partial charge in [0.25, 0.3) is 5.91 Å². The highest BCUT2D eigenvalue weighted by atomic mass is 32.2. The molecule has 0 heterocycles. The lowest BCUT2D eigenvalue weighted by molar-refractivity contribution is 0.102. The van der Waals surface area contributed by atoms with Gasteiger partial charge >= 0.3 is 0 Å². The van der Waals surface area contributed by atoms with E-state index in [0.29, 0.717) is 23.6 Å². The van der Waals surface area contributed by atoms with E-state index in [9.17, 15) is 4.79 Å². The third-order valence-corrected chi connectivity index (χ3v) is 4.97. The average molecular weight is 375 g/mol. The van der Waals surface area contributed by atoms with Crippen LogP contribution in [0.15, 0.2) is 96.4 Å². The van der Waals surface area contributed by atoms with Crippen molar-refractivity contribution >= 4 is 23.4 Å². The van der Waals surface area contributed by atoms with Crippen LogP contribution in [0, 0.1) is 0 Å². The van der Waals surface area contributed by atoms with E-state index in [-0.39, 0.29) is 5.91 Å². The van der Waals surface area contributed by atoms with Gasteiger partial charge in [-0.05, 0) is 29.8 Å². The molecule has 3 nitrogen and oxygen atoms in total. The smallest absolute Gasteiger partial charge is 0.256 e. The van der Waals surface area contributed by atoms with Gasteiger partial charge in [-0.3, -0.25) is 4.79 Å². The summed E-state index contributed by atoms with van der Waals surface area (Å²) in [6.45, 7) is 4.07. The standard InChI is InChI=1S/C23H21NO2S/c1-2-15-26-20-12-8-11-19(16-20)24-23(25)21-13-6-7-14-22(21)27-17-18-9-4-3-5-10-18/h2-14,16H,1,15,17H2,(H,24,25). The first kappa shape index (κ1) is 18.8. The first-order chi connectivity index (χ1) is 13.3. The van der Waals surface area contributed by atoms with E-state index in [1.807, 2.05) is 60.7 Å². The minimum absolute atomic E-state index is 0.132. The van der Waals surface area contributed by atoms with Gasteiger partial charge in [-0.1, -0.05) is 61.2 Å². The molecule has 3 aromatic rings. The topological polar surface area (TPSA) is 38.3 Å². The van der Waals surface area contributed by atoms with Gasteiger partial charge in [0.15, 0.2) is 0 Å². The lowest BCUT2D eigenvalue weighted by Crippen LogP contribution is -2.13. The Balaban J connectivity index is 1.70. The monoisotopic (exact) mass is 375 g/mol. The highest BCUT2D eigenvalue weighted by Gasteiger charge is 2.12. The Kier molecular flexibility index (Phi) is 6.72. The minimum Gasteiger partial charge on any atom is -0.489 e. The fourth-order valence-electron chi connectivity index (χ4n) is 2.53. The summed E-state index contributed by atoms with van der Waals surface area (Å²) in [7, 11) is 0. The van der Waals surface area contributed by atoms with Crippen molar-refractivity contribution in [3.8, 4) is 5.75 Å². The molecule has 0 radical (unpaired) electrons. The van der Waals surface area contributed by atoms with E-state index in [2.05, 4.69) is 24.0 Å². The Morgan fingerprint density at radius 2 is 1.78 bits per heavy atom. The Morgan fingerprint density at radius 1 is 1.00 bits per heavy atom. The predicted molar refractivity (Wildman–Crippen MR) is 113 cm³/mol. The number of thioether (sulfide) groups is 1. The number of hydrogen-bond acceptors (Lipinski definition) is 3. The molecule has 0 saturated heterocycles. The van der Waals surface area contributed by atoms with E-state index in [4.69, 9.17) is 4.74 Å². The summed E-state index contributed by atoms with van der Waals surface area (Å²) in [4.78, 5) is 13.7. The Morgan fingerprint density at radius 3 is 2.59 bits per heavy atom. The highest BCUT2D eigenvalue weighted by Crippen LogP contribution is 2.27. The number of ether oxygens (including phenoxy) is 1. The normalized spacial score (nSPS) is 10.2. The highest BCUT2D eigenvalue weighted by molar-refractivity contribution is 7.98. The van der Waals surface area contributed by atoms with Gasteiger partial charge in [-0.25, -0.2) is 0 Å². The van der Waals surface area contributed by atoms with Gasteiger partial charge in [0, 0.05) is 22.4 Å². The maximum atomic E-state index is 12.8. The number of carbonyl (C=O) groups excluding carboxylic acids is 1. The van der Waals surface area contributed by atoms with Gasteiger partial charge in [0.05, 0.1) is 5.56 Å². The Labute approximate surface area is 164 Å². The summed E-state index contributed by atoms with van der Waals surface area (Å²) >= 11 is 1.66. The van der Waals surface area contributed by atoms with Crippen LogP contribution in [-0.2, 0) is 5.75 Å². The van der Waals surface area contributed by atoms with Crippen LogP contribution in [0.2, 0.25) is 0 Å². The summed E-state index contributed by atoms with van der Waals surface area (Å²) in [5.41, 5.74) is 2.59. The maximum absolute atomic E-state index is 12.8. The molecule has 1 N–H and O–H groups in total. The molecular weight excluding hydrogens is 354 g/mol. The van der Waals surface area contributed by atoms with Crippen molar-refractivity contribution in [1.82, 2.24) is 0 Å². The Hall–Kier alpha value is -2.98. The number of nitrogens with one attached hydrogen (secondary N) is 1. The minimum atomic E-state index is -0.132. The van der Waals surface area contributed by atoms with Crippen LogP contribution in [-0.4, -0.2) is 12.5 Å². The van der Waals surface area contributed by atoms with Gasteiger partial charge < -0.3 is 10.1 Å². The fraction of sp³-hybridized carbons (Fsp3) is 0.0870. The molecule has 27 heavy (non-hydrogen) atoms. The number of hydrogen-bond donors (Lipinski definition) is 1. The van der Waals surface area contributed by atoms with Crippen molar-refractivity contribution in [3.63, 3.8) is 0 Å². The molecule has 136 valence electrons. The van der Waals surface area contributed by atoms with Gasteiger partial charge in [-0.15, -0.1) is 11.8 Å². The quantitative estimate of drug-likeness (QED) is 0.400. The average Bonchev–Trinajstić information content (AvgIpc) is 2.72. The molecule has 0 fully saturated rings. The second-order valence-corrected chi connectivity index (χ2v) is 6.87. The molecule has 0 atom stereocenters. The molecule has 0 aliphatic carbocycles. The summed E-state index contributed by atoms with van der Waals surface area (Å²) in [6.07, 6.45) is 1.69. The first-order valence-corrected chi connectivity index (χ1v) is 9.65. The third-order valence-electron chi connectivity index (χ3n) is 3.83. The van der Waals surface area contributed by atoms with Crippen LogP contribution in [0.4, 0.5) is 5.69 Å². The lowest BCUT2D eigenvalue weighted by Gasteiger charge is -2.11. The summed E-state index contributed by atoms with van der Waals surface area (Å²) in [5, 5.41) is 2.96. The van der Waals surface area contributed by atoms with Crippen molar-refractivity contribution in [2.45, 2.75) is 10.6 Å². The third kappa shape index (κ3) is 5.50. The van der Waals surface area contributed by atoms with Crippen molar-refractivity contribution in [2.75, 3.05) is 11.9 Å². The van der Waals surface area contributed by atoms with Crippen LogP contribution >= 0.6 is 11.8 Å². The molecule has 0 spiro atoms. The molecule has 3 aromatic carbocycles. The largest absolute Gasteiger partial charge is 0.489 e. The summed E-state index contributed by atoms with van der Waals surface area (Å²) in [5.74, 6) is 1.38. The van der Waals surface area contributed by atoms with Crippen LogP contribution < -0.4 is 10.1 Å². The Bertz CT molecular complexity index is 909. The first-order valence-electron chi connectivity index (χ1n) is 8.67. The molecule has 0 aliphatic heterocycles. The maximum Gasteiger partial charge on any atom is 0.256 e. The number of anilines is 1. The van der Waals surface area contributed by atoms with E-state index in [1.54, 1.807) is 23.9 Å². The van der Waals surface area contributed by atoms with Crippen molar-refractivity contribution in [3.05, 3.63) is 103 Å². The van der Waals surface area contributed by atoms with Gasteiger partial charge in [0.1, 0.15) is 12.4 Å². The second-order valence-electron chi connectivity index (χ2n) is 5.85. The summed E-state index contributed by atoms with van der Waals surface area (Å²) < 4.78 is 5.52. The number of rotatable bonds is 8. The van der Waals surface area contributed by atoms with Crippen LogP contribution in [0.1, 0.15) is 15.9 Å². The molecule has 3 rings (SSSR count). The number of amides is 1. The van der Waals surface area contributed by atoms with Crippen molar-refractivity contribution in [1.29, 1.82) is 0 Å². The van der Waals surface area contributed by atoms with Crippen molar-refractivity contribution in [2.24, 2.45) is 0 Å². The summed E-state index contributed by atoms with van der Waals surface area (Å²) in [6, 6.07) is 25.2. The molecule has 1 amide bonds. The molecule has 0 unspecified atom stereocenters. The van der Waals surface area contributed by atoms with E-state index in [1.165, 1.54) is 5.56 Å². The molecule has 0 bridgehead atoms. The lowest BCUT2D eigenvalue weighted by atomic mass is 10.2. The predicted octanol–water partition coefficient (Wildman–Crippen LogP) is 5.80. The van der Waals surface area contributed by atoms with Gasteiger partial charge in [0.2, 0.25) is 0 Å². The molecule has 0 aromatic heterocycles. The second kappa shape index (κ2) is 9.64. The molecular formula is C23H21NO2S.